The Balaban J connectivity index is 1.33. The van der Waals surface area contributed by atoms with Crippen LogP contribution in [0.2, 0.25) is 0 Å². The van der Waals surface area contributed by atoms with Crippen molar-refractivity contribution in [1.82, 2.24) is 0 Å². The van der Waals surface area contributed by atoms with E-state index in [-0.39, 0.29) is 11.7 Å². The summed E-state index contributed by atoms with van der Waals surface area (Å²) in [6.07, 6.45) is 18.4. The first-order chi connectivity index (χ1) is 12.8. The van der Waals surface area contributed by atoms with Crippen molar-refractivity contribution in [3.8, 4) is 0 Å². The molecule has 0 heterocycles. The highest BCUT2D eigenvalue weighted by molar-refractivity contribution is 5.28. The van der Waals surface area contributed by atoms with E-state index in [1.54, 1.807) is 5.57 Å². The molecule has 5 aliphatic rings. The van der Waals surface area contributed by atoms with Gasteiger partial charge in [-0.05, 0) is 112 Å². The van der Waals surface area contributed by atoms with E-state index in [9.17, 15) is 10.2 Å². The van der Waals surface area contributed by atoms with E-state index < -0.39 is 0 Å². The molecule has 0 aromatic heterocycles. The molecule has 0 radical (unpaired) electrons. The van der Waals surface area contributed by atoms with Gasteiger partial charge in [-0.3, -0.25) is 0 Å². The maximum absolute atomic E-state index is 10.2. The average molecular weight is 373 g/mol. The first-order valence-electron chi connectivity index (χ1n) is 12.0. The number of rotatable bonds is 4. The fraction of sp³-hybridized carbons (Fsp3) is 0.920. The number of allylic oxidation sites excluding steroid dienone is 2. The third-order valence-electron chi connectivity index (χ3n) is 10.2. The molecule has 4 fully saturated rings. The molecule has 0 bridgehead atoms. The van der Waals surface area contributed by atoms with Gasteiger partial charge in [0.1, 0.15) is 0 Å². The van der Waals surface area contributed by atoms with Gasteiger partial charge in [0, 0.05) is 0 Å². The van der Waals surface area contributed by atoms with Crippen LogP contribution in [-0.4, -0.2) is 21.9 Å². The molecule has 7 unspecified atom stereocenters. The SMILES string of the molecule is CC12CCC(O)CC1CCC1C2=CCC2(C)C(CCCC3(O)CC3)CCC12. The van der Waals surface area contributed by atoms with E-state index in [2.05, 4.69) is 19.9 Å². The predicted octanol–water partition coefficient (Wildman–Crippen LogP) is 5.62. The summed E-state index contributed by atoms with van der Waals surface area (Å²) in [5, 5.41) is 20.4. The molecule has 2 heteroatoms. The maximum Gasteiger partial charge on any atom is 0.0650 e. The Morgan fingerprint density at radius 2 is 1.85 bits per heavy atom. The van der Waals surface area contributed by atoms with Crippen LogP contribution < -0.4 is 0 Å². The molecule has 0 aliphatic heterocycles. The molecule has 0 aromatic rings. The van der Waals surface area contributed by atoms with Crippen LogP contribution in [-0.2, 0) is 0 Å². The smallest absolute Gasteiger partial charge is 0.0650 e. The minimum atomic E-state index is -0.267. The Morgan fingerprint density at radius 1 is 1.04 bits per heavy atom. The van der Waals surface area contributed by atoms with Crippen molar-refractivity contribution < 1.29 is 10.2 Å². The molecule has 0 saturated heterocycles. The molecular formula is C25H40O2. The summed E-state index contributed by atoms with van der Waals surface area (Å²) < 4.78 is 0. The zero-order valence-corrected chi connectivity index (χ0v) is 17.6. The van der Waals surface area contributed by atoms with Gasteiger partial charge in [-0.2, -0.15) is 0 Å². The topological polar surface area (TPSA) is 40.5 Å². The lowest BCUT2D eigenvalue weighted by atomic mass is 9.48. The fourth-order valence-corrected chi connectivity index (χ4v) is 8.15. The normalized spacial score (nSPS) is 50.4. The summed E-state index contributed by atoms with van der Waals surface area (Å²) in [6, 6.07) is 0. The highest BCUT2D eigenvalue weighted by Gasteiger charge is 2.56. The van der Waals surface area contributed by atoms with Crippen LogP contribution in [0.3, 0.4) is 0 Å². The second-order valence-corrected chi connectivity index (χ2v) is 11.6. The molecule has 2 N–H and O–H groups in total. The fourth-order valence-electron chi connectivity index (χ4n) is 8.15. The number of aliphatic hydroxyl groups excluding tert-OH is 1. The lowest BCUT2D eigenvalue weighted by molar-refractivity contribution is -0.0128. The van der Waals surface area contributed by atoms with Crippen LogP contribution in [0.1, 0.15) is 97.3 Å². The van der Waals surface area contributed by atoms with Crippen LogP contribution in [0, 0.1) is 34.5 Å². The second-order valence-electron chi connectivity index (χ2n) is 11.6. The molecule has 0 aromatic carbocycles. The minimum Gasteiger partial charge on any atom is -0.393 e. The van der Waals surface area contributed by atoms with E-state index >= 15 is 0 Å². The Bertz CT molecular complexity index is 620. The van der Waals surface area contributed by atoms with Gasteiger partial charge in [0.05, 0.1) is 11.7 Å². The number of fused-ring (bicyclic) bond motifs is 5. The summed E-state index contributed by atoms with van der Waals surface area (Å²) in [6.45, 7) is 5.14. The Kier molecular flexibility index (Phi) is 4.38. The summed E-state index contributed by atoms with van der Waals surface area (Å²) >= 11 is 0. The van der Waals surface area contributed by atoms with E-state index in [4.69, 9.17) is 0 Å². The van der Waals surface area contributed by atoms with Crippen LogP contribution in [0.25, 0.3) is 0 Å². The van der Waals surface area contributed by atoms with E-state index in [0.717, 1.165) is 49.9 Å². The van der Waals surface area contributed by atoms with Gasteiger partial charge >= 0.3 is 0 Å². The molecule has 0 spiro atoms. The van der Waals surface area contributed by atoms with Gasteiger partial charge in [-0.25, -0.2) is 0 Å². The van der Waals surface area contributed by atoms with Gasteiger partial charge in [-0.1, -0.05) is 31.9 Å². The van der Waals surface area contributed by atoms with Crippen LogP contribution >= 0.6 is 0 Å². The van der Waals surface area contributed by atoms with E-state index in [1.807, 2.05) is 0 Å². The van der Waals surface area contributed by atoms with Gasteiger partial charge < -0.3 is 10.2 Å². The number of hydrogen-bond acceptors (Lipinski definition) is 2. The second kappa shape index (κ2) is 6.33. The highest BCUT2D eigenvalue weighted by atomic mass is 16.3. The molecule has 5 rings (SSSR count). The highest BCUT2D eigenvalue weighted by Crippen LogP contribution is 2.66. The van der Waals surface area contributed by atoms with Crippen LogP contribution in [0.5, 0.6) is 0 Å². The molecule has 4 saturated carbocycles. The summed E-state index contributed by atoms with van der Waals surface area (Å²) in [5.74, 6) is 3.28. The zero-order chi connectivity index (χ0) is 18.9. The van der Waals surface area contributed by atoms with Crippen LogP contribution in [0.15, 0.2) is 11.6 Å². The van der Waals surface area contributed by atoms with E-state index in [0.29, 0.717) is 16.7 Å². The van der Waals surface area contributed by atoms with Crippen molar-refractivity contribution in [2.75, 3.05) is 0 Å². The maximum atomic E-state index is 10.2. The molecular weight excluding hydrogens is 332 g/mol. The van der Waals surface area contributed by atoms with Gasteiger partial charge in [0.2, 0.25) is 0 Å². The quantitative estimate of drug-likeness (QED) is 0.629. The summed E-state index contributed by atoms with van der Waals surface area (Å²) in [5.41, 5.74) is 2.41. The Labute approximate surface area is 165 Å². The molecule has 27 heavy (non-hydrogen) atoms. The summed E-state index contributed by atoms with van der Waals surface area (Å²) in [4.78, 5) is 0. The van der Waals surface area contributed by atoms with Crippen molar-refractivity contribution in [1.29, 1.82) is 0 Å². The Hall–Kier alpha value is -0.340. The standard InChI is InChI=1S/C25H40O2/c1-23-13-10-22-20(7-5-18-16-19(26)9-12-24(18,22)2)21(23)8-6-17(23)4-3-11-25(27)14-15-25/h10,17-21,26-27H,3-9,11-16H2,1-2H3. The van der Waals surface area contributed by atoms with Crippen molar-refractivity contribution in [3.05, 3.63) is 11.6 Å². The van der Waals surface area contributed by atoms with E-state index in [1.165, 1.54) is 51.4 Å². The largest absolute Gasteiger partial charge is 0.393 e. The predicted molar refractivity (Wildman–Crippen MR) is 109 cm³/mol. The lowest BCUT2D eigenvalue weighted by Gasteiger charge is -2.56. The Morgan fingerprint density at radius 3 is 2.63 bits per heavy atom. The first-order valence-corrected chi connectivity index (χ1v) is 12.0. The number of aliphatic hydroxyl groups is 2. The molecule has 0 amide bonds. The average Bonchev–Trinajstić information content (AvgIpc) is 3.27. The summed E-state index contributed by atoms with van der Waals surface area (Å²) in [7, 11) is 0. The lowest BCUT2D eigenvalue weighted by Crippen LogP contribution is -2.48. The molecule has 152 valence electrons. The van der Waals surface area contributed by atoms with Crippen molar-refractivity contribution in [2.24, 2.45) is 34.5 Å². The zero-order valence-electron chi connectivity index (χ0n) is 17.6. The first kappa shape index (κ1) is 18.7. The van der Waals surface area contributed by atoms with Gasteiger partial charge in [0.25, 0.3) is 0 Å². The minimum absolute atomic E-state index is 0.0498. The van der Waals surface area contributed by atoms with Gasteiger partial charge in [-0.15, -0.1) is 0 Å². The number of hydrogen-bond donors (Lipinski definition) is 2. The van der Waals surface area contributed by atoms with Crippen molar-refractivity contribution in [3.63, 3.8) is 0 Å². The van der Waals surface area contributed by atoms with Crippen molar-refractivity contribution in [2.45, 2.75) is 109 Å². The molecule has 2 nitrogen and oxygen atoms in total. The third-order valence-corrected chi connectivity index (χ3v) is 10.2. The van der Waals surface area contributed by atoms with Crippen LogP contribution in [0.4, 0.5) is 0 Å². The van der Waals surface area contributed by atoms with Gasteiger partial charge in [0.15, 0.2) is 0 Å². The van der Waals surface area contributed by atoms with Crippen molar-refractivity contribution >= 4 is 0 Å². The third kappa shape index (κ3) is 2.96. The monoisotopic (exact) mass is 372 g/mol. The molecule has 7 atom stereocenters. The molecule has 5 aliphatic carbocycles.